The third-order valence-electron chi connectivity index (χ3n) is 3.92. The Hall–Kier alpha value is -3.35. The third-order valence-corrected chi connectivity index (χ3v) is 3.92. The quantitative estimate of drug-likeness (QED) is 0.592. The Bertz CT molecular complexity index is 875. The van der Waals surface area contributed by atoms with E-state index in [0.717, 1.165) is 0 Å². The van der Waals surface area contributed by atoms with Gasteiger partial charge in [0.2, 0.25) is 0 Å². The Balaban J connectivity index is 2.43. The van der Waals surface area contributed by atoms with Crippen LogP contribution in [0.25, 0.3) is 0 Å². The molecule has 0 spiro atoms. The lowest BCUT2D eigenvalue weighted by Crippen LogP contribution is -2.23. The zero-order valence-corrected chi connectivity index (χ0v) is 15.6. The Kier molecular flexibility index (Phi) is 6.54. The van der Waals surface area contributed by atoms with Crippen LogP contribution >= 0.6 is 0 Å². The van der Waals surface area contributed by atoms with Crippen molar-refractivity contribution in [1.29, 1.82) is 0 Å². The summed E-state index contributed by atoms with van der Waals surface area (Å²) >= 11 is 0. The van der Waals surface area contributed by atoms with Crippen molar-refractivity contribution in [2.45, 2.75) is 20.0 Å². The highest BCUT2D eigenvalue weighted by atomic mass is 16.5. The number of aliphatic carboxylic acids is 1. The number of methoxy groups -OCH3 is 2. The molecule has 0 saturated carbocycles. The summed E-state index contributed by atoms with van der Waals surface area (Å²) in [6, 6.07) is 10.3. The van der Waals surface area contributed by atoms with Crippen molar-refractivity contribution in [3.63, 3.8) is 0 Å². The topological polar surface area (TPSA) is 94.4 Å². The second kappa shape index (κ2) is 8.84. The third kappa shape index (κ3) is 4.63. The van der Waals surface area contributed by atoms with Gasteiger partial charge in [0.25, 0.3) is 0 Å². The molecule has 0 unspecified atom stereocenters. The molecule has 0 aliphatic carbocycles. The molecular weight excluding hydrogens is 350 g/mol. The SMILES string of the molecule is COC(=O)c1cccc(N=Cc2cccc(OC)c2O[C@@H](C)C(=O)O)c1C. The van der Waals surface area contributed by atoms with Crippen LogP contribution in [0.4, 0.5) is 5.69 Å². The summed E-state index contributed by atoms with van der Waals surface area (Å²) in [6.45, 7) is 3.20. The summed E-state index contributed by atoms with van der Waals surface area (Å²) in [4.78, 5) is 27.4. The van der Waals surface area contributed by atoms with Crippen LogP contribution in [0.2, 0.25) is 0 Å². The van der Waals surface area contributed by atoms with Crippen molar-refractivity contribution in [2.24, 2.45) is 4.99 Å². The Morgan fingerprint density at radius 3 is 2.48 bits per heavy atom. The fourth-order valence-corrected chi connectivity index (χ4v) is 2.38. The number of hydrogen-bond donors (Lipinski definition) is 1. The van der Waals surface area contributed by atoms with Crippen LogP contribution in [0.5, 0.6) is 11.5 Å². The Labute approximate surface area is 157 Å². The lowest BCUT2D eigenvalue weighted by atomic mass is 10.1. The van der Waals surface area contributed by atoms with Gasteiger partial charge in [0.15, 0.2) is 17.6 Å². The number of carboxylic acid groups (broad SMARTS) is 1. The first-order chi connectivity index (χ1) is 12.9. The smallest absolute Gasteiger partial charge is 0.344 e. The molecule has 142 valence electrons. The number of carbonyl (C=O) groups is 2. The van der Waals surface area contributed by atoms with Crippen molar-refractivity contribution in [3.8, 4) is 11.5 Å². The lowest BCUT2D eigenvalue weighted by Gasteiger charge is -2.15. The predicted molar refractivity (Wildman–Crippen MR) is 100 cm³/mol. The first kappa shape index (κ1) is 20.0. The molecule has 7 heteroatoms. The Morgan fingerprint density at radius 1 is 1.15 bits per heavy atom. The number of carbonyl (C=O) groups excluding carboxylic acids is 1. The number of aliphatic imine (C=N–C) groups is 1. The van der Waals surface area contributed by atoms with Gasteiger partial charge in [-0.15, -0.1) is 0 Å². The highest BCUT2D eigenvalue weighted by molar-refractivity contribution is 5.93. The van der Waals surface area contributed by atoms with E-state index in [9.17, 15) is 9.59 Å². The maximum absolute atomic E-state index is 11.8. The highest BCUT2D eigenvalue weighted by Gasteiger charge is 2.18. The number of carboxylic acids is 1. The van der Waals surface area contributed by atoms with Gasteiger partial charge in [-0.3, -0.25) is 4.99 Å². The zero-order chi connectivity index (χ0) is 20.0. The predicted octanol–water partition coefficient (Wildman–Crippen LogP) is 3.39. The summed E-state index contributed by atoms with van der Waals surface area (Å²) in [5.41, 5.74) is 2.22. The van der Waals surface area contributed by atoms with Gasteiger partial charge in [-0.25, -0.2) is 9.59 Å². The molecule has 1 N–H and O–H groups in total. The molecule has 0 aliphatic rings. The minimum Gasteiger partial charge on any atom is -0.493 e. The lowest BCUT2D eigenvalue weighted by molar-refractivity contribution is -0.144. The maximum atomic E-state index is 11.8. The number of rotatable bonds is 7. The number of esters is 1. The van der Waals surface area contributed by atoms with E-state index in [4.69, 9.17) is 19.3 Å². The molecule has 0 bridgehead atoms. The van der Waals surface area contributed by atoms with E-state index in [0.29, 0.717) is 28.1 Å². The van der Waals surface area contributed by atoms with E-state index in [1.54, 1.807) is 43.3 Å². The molecule has 7 nitrogen and oxygen atoms in total. The monoisotopic (exact) mass is 371 g/mol. The summed E-state index contributed by atoms with van der Waals surface area (Å²) in [5, 5.41) is 9.10. The maximum Gasteiger partial charge on any atom is 0.344 e. The molecule has 1 atom stereocenters. The summed E-state index contributed by atoms with van der Waals surface area (Å²) in [5.74, 6) is -0.858. The first-order valence-corrected chi connectivity index (χ1v) is 8.17. The molecule has 0 aliphatic heterocycles. The zero-order valence-electron chi connectivity index (χ0n) is 15.6. The van der Waals surface area contributed by atoms with Gasteiger partial charge >= 0.3 is 11.9 Å². The molecule has 0 heterocycles. The van der Waals surface area contributed by atoms with Crippen molar-refractivity contribution >= 4 is 23.8 Å². The molecule has 2 aromatic carbocycles. The van der Waals surface area contributed by atoms with Crippen LogP contribution in [-0.2, 0) is 9.53 Å². The van der Waals surface area contributed by atoms with E-state index < -0.39 is 18.0 Å². The van der Waals surface area contributed by atoms with Crippen LogP contribution in [0.1, 0.15) is 28.4 Å². The van der Waals surface area contributed by atoms with Crippen molar-refractivity contribution in [2.75, 3.05) is 14.2 Å². The van der Waals surface area contributed by atoms with Gasteiger partial charge < -0.3 is 19.3 Å². The fourth-order valence-electron chi connectivity index (χ4n) is 2.38. The second-order valence-electron chi connectivity index (χ2n) is 5.68. The van der Waals surface area contributed by atoms with Gasteiger partial charge in [-0.1, -0.05) is 12.1 Å². The number of para-hydroxylation sites is 1. The average molecular weight is 371 g/mol. The average Bonchev–Trinajstić information content (AvgIpc) is 2.67. The minimum absolute atomic E-state index is 0.278. The molecule has 2 aromatic rings. The molecule has 2 rings (SSSR count). The molecule has 0 amide bonds. The van der Waals surface area contributed by atoms with E-state index in [-0.39, 0.29) is 5.75 Å². The van der Waals surface area contributed by atoms with Gasteiger partial charge in [-0.05, 0) is 43.7 Å². The molecule has 0 aromatic heterocycles. The Morgan fingerprint density at radius 2 is 1.85 bits per heavy atom. The highest BCUT2D eigenvalue weighted by Crippen LogP contribution is 2.32. The molecule has 0 saturated heterocycles. The van der Waals surface area contributed by atoms with E-state index in [2.05, 4.69) is 4.99 Å². The van der Waals surface area contributed by atoms with Crippen molar-refractivity contribution in [3.05, 3.63) is 53.1 Å². The van der Waals surface area contributed by atoms with Crippen LogP contribution in [0.3, 0.4) is 0 Å². The molecule has 27 heavy (non-hydrogen) atoms. The van der Waals surface area contributed by atoms with Gasteiger partial charge in [0.05, 0.1) is 25.5 Å². The number of nitrogens with zero attached hydrogens (tertiary/aromatic N) is 1. The summed E-state index contributed by atoms with van der Waals surface area (Å²) in [6.07, 6.45) is 0.480. The molecular formula is C20H21NO6. The van der Waals surface area contributed by atoms with Crippen molar-refractivity contribution < 1.29 is 28.9 Å². The number of benzene rings is 2. The minimum atomic E-state index is -1.09. The largest absolute Gasteiger partial charge is 0.493 e. The van der Waals surface area contributed by atoms with Gasteiger partial charge in [0.1, 0.15) is 0 Å². The summed E-state index contributed by atoms with van der Waals surface area (Å²) in [7, 11) is 2.79. The van der Waals surface area contributed by atoms with E-state index in [1.807, 2.05) is 0 Å². The van der Waals surface area contributed by atoms with E-state index in [1.165, 1.54) is 27.4 Å². The van der Waals surface area contributed by atoms with Crippen LogP contribution in [-0.4, -0.2) is 43.6 Å². The van der Waals surface area contributed by atoms with Crippen LogP contribution in [0, 0.1) is 6.92 Å². The number of hydrogen-bond acceptors (Lipinski definition) is 6. The van der Waals surface area contributed by atoms with Crippen LogP contribution < -0.4 is 9.47 Å². The normalized spacial score (nSPS) is 11.9. The van der Waals surface area contributed by atoms with E-state index >= 15 is 0 Å². The first-order valence-electron chi connectivity index (χ1n) is 8.17. The molecule has 0 radical (unpaired) electrons. The number of ether oxygens (including phenoxy) is 3. The van der Waals surface area contributed by atoms with Gasteiger partial charge in [-0.2, -0.15) is 0 Å². The fraction of sp³-hybridized carbons (Fsp3) is 0.250. The molecule has 0 fully saturated rings. The standard InChI is InChI=1S/C20H21NO6/c1-12-15(20(24)26-4)8-6-9-16(12)21-11-14-7-5-10-17(25-3)18(14)27-13(2)19(22)23/h5-11,13H,1-4H3,(H,22,23)/t13-/m0/s1. The van der Waals surface area contributed by atoms with Gasteiger partial charge in [0, 0.05) is 11.8 Å². The van der Waals surface area contributed by atoms with Crippen LogP contribution in [0.15, 0.2) is 41.4 Å². The summed E-state index contributed by atoms with van der Waals surface area (Å²) < 4.78 is 15.6. The second-order valence-corrected chi connectivity index (χ2v) is 5.68. The van der Waals surface area contributed by atoms with Crippen molar-refractivity contribution in [1.82, 2.24) is 0 Å².